The summed E-state index contributed by atoms with van der Waals surface area (Å²) in [5, 5.41) is 18.9. The Balaban J connectivity index is 2.13. The quantitative estimate of drug-likeness (QED) is 0.800. The molecule has 6 nitrogen and oxygen atoms in total. The lowest BCUT2D eigenvalue weighted by atomic mass is 10.1. The number of hydrogen-bond acceptors (Lipinski definition) is 3. The van der Waals surface area contributed by atoms with Crippen molar-refractivity contribution in [1.82, 2.24) is 9.80 Å². The first-order chi connectivity index (χ1) is 9.54. The maximum atomic E-state index is 12.7. The number of urea groups is 1. The number of carboxylic acids is 1. The maximum Gasteiger partial charge on any atom is 0.326 e. The molecule has 2 aliphatic rings. The van der Waals surface area contributed by atoms with Gasteiger partial charge in [0, 0.05) is 25.6 Å². The number of amides is 2. The van der Waals surface area contributed by atoms with Gasteiger partial charge in [-0.2, -0.15) is 0 Å². The number of aliphatic carboxylic acids is 1. The zero-order valence-electron chi connectivity index (χ0n) is 12.0. The number of β-amino-alcohol motifs (C(OH)–C–C–N with tert-alkyl or cyclic N) is 1. The Morgan fingerprint density at radius 2 is 1.95 bits per heavy atom. The van der Waals surface area contributed by atoms with Crippen LogP contribution < -0.4 is 0 Å². The van der Waals surface area contributed by atoms with Crippen LogP contribution in [0.15, 0.2) is 0 Å². The summed E-state index contributed by atoms with van der Waals surface area (Å²) in [5.74, 6) is -1.03. The van der Waals surface area contributed by atoms with E-state index in [1.54, 1.807) is 0 Å². The number of aliphatic hydroxyl groups is 1. The van der Waals surface area contributed by atoms with E-state index < -0.39 is 18.1 Å². The number of carboxylic acid groups (broad SMARTS) is 1. The SMILES string of the molecule is CCC1CCCCCN1C(=O)N1C[C@@H](O)C[C@H]1C(=O)O. The van der Waals surface area contributed by atoms with E-state index in [9.17, 15) is 19.8 Å². The summed E-state index contributed by atoms with van der Waals surface area (Å²) in [6.07, 6.45) is 4.48. The van der Waals surface area contributed by atoms with Crippen molar-refractivity contribution in [3.63, 3.8) is 0 Å². The van der Waals surface area contributed by atoms with Gasteiger partial charge in [-0.25, -0.2) is 9.59 Å². The van der Waals surface area contributed by atoms with Crippen molar-refractivity contribution in [3.05, 3.63) is 0 Å². The minimum Gasteiger partial charge on any atom is -0.480 e. The van der Waals surface area contributed by atoms with Crippen molar-refractivity contribution in [3.8, 4) is 0 Å². The summed E-state index contributed by atoms with van der Waals surface area (Å²) < 4.78 is 0. The molecule has 2 fully saturated rings. The second kappa shape index (κ2) is 6.43. The van der Waals surface area contributed by atoms with Gasteiger partial charge in [-0.15, -0.1) is 0 Å². The number of carbonyl (C=O) groups excluding carboxylic acids is 1. The van der Waals surface area contributed by atoms with E-state index in [2.05, 4.69) is 6.92 Å². The molecular formula is C14H24N2O4. The first kappa shape index (κ1) is 15.1. The molecule has 0 bridgehead atoms. The molecular weight excluding hydrogens is 260 g/mol. The topological polar surface area (TPSA) is 81.1 Å². The first-order valence-corrected chi connectivity index (χ1v) is 7.52. The van der Waals surface area contributed by atoms with Gasteiger partial charge in [-0.1, -0.05) is 19.8 Å². The van der Waals surface area contributed by atoms with Gasteiger partial charge >= 0.3 is 12.0 Å². The van der Waals surface area contributed by atoms with E-state index in [4.69, 9.17) is 0 Å². The lowest BCUT2D eigenvalue weighted by Gasteiger charge is -2.34. The van der Waals surface area contributed by atoms with Crippen LogP contribution in [0.5, 0.6) is 0 Å². The molecule has 2 N–H and O–H groups in total. The van der Waals surface area contributed by atoms with Crippen LogP contribution in [0, 0.1) is 0 Å². The highest BCUT2D eigenvalue weighted by Crippen LogP contribution is 2.25. The van der Waals surface area contributed by atoms with Gasteiger partial charge in [-0.3, -0.25) is 0 Å². The third kappa shape index (κ3) is 3.06. The Morgan fingerprint density at radius 1 is 1.20 bits per heavy atom. The Morgan fingerprint density at radius 3 is 2.60 bits per heavy atom. The van der Waals surface area contributed by atoms with Crippen LogP contribution in [0.4, 0.5) is 4.79 Å². The summed E-state index contributed by atoms with van der Waals surface area (Å²) in [4.78, 5) is 27.1. The number of nitrogens with zero attached hydrogens (tertiary/aromatic N) is 2. The van der Waals surface area contributed by atoms with Crippen molar-refractivity contribution in [2.45, 2.75) is 63.6 Å². The lowest BCUT2D eigenvalue weighted by molar-refractivity contribution is -0.141. The van der Waals surface area contributed by atoms with E-state index in [1.165, 1.54) is 4.90 Å². The molecule has 0 radical (unpaired) electrons. The van der Waals surface area contributed by atoms with E-state index in [0.29, 0.717) is 6.54 Å². The second-order valence-electron chi connectivity index (χ2n) is 5.78. The molecule has 2 heterocycles. The van der Waals surface area contributed by atoms with Crippen molar-refractivity contribution >= 4 is 12.0 Å². The largest absolute Gasteiger partial charge is 0.480 e. The van der Waals surface area contributed by atoms with Gasteiger partial charge in [-0.05, 0) is 19.3 Å². The fraction of sp³-hybridized carbons (Fsp3) is 0.857. The van der Waals surface area contributed by atoms with Gasteiger partial charge in [0.05, 0.1) is 6.10 Å². The number of hydrogen-bond donors (Lipinski definition) is 2. The van der Waals surface area contributed by atoms with E-state index in [0.717, 1.165) is 32.1 Å². The molecule has 114 valence electrons. The molecule has 0 aromatic carbocycles. The normalized spacial score (nSPS) is 31.2. The van der Waals surface area contributed by atoms with Crippen LogP contribution in [0.25, 0.3) is 0 Å². The molecule has 2 saturated heterocycles. The van der Waals surface area contributed by atoms with Crippen LogP contribution in [0.2, 0.25) is 0 Å². The average molecular weight is 284 g/mol. The molecule has 0 aromatic heterocycles. The van der Waals surface area contributed by atoms with Gasteiger partial charge in [0.1, 0.15) is 6.04 Å². The van der Waals surface area contributed by atoms with Crippen molar-refractivity contribution in [1.29, 1.82) is 0 Å². The molecule has 1 unspecified atom stereocenters. The van der Waals surface area contributed by atoms with E-state index >= 15 is 0 Å². The molecule has 0 saturated carbocycles. The molecule has 2 amide bonds. The summed E-state index contributed by atoms with van der Waals surface area (Å²) in [6.45, 7) is 2.88. The van der Waals surface area contributed by atoms with Crippen LogP contribution in [0.3, 0.4) is 0 Å². The van der Waals surface area contributed by atoms with Crippen LogP contribution in [0.1, 0.15) is 45.4 Å². The lowest BCUT2D eigenvalue weighted by Crippen LogP contribution is -2.51. The second-order valence-corrected chi connectivity index (χ2v) is 5.78. The molecule has 2 aliphatic heterocycles. The Kier molecular flexibility index (Phi) is 4.86. The number of aliphatic hydroxyl groups excluding tert-OH is 1. The summed E-state index contributed by atoms with van der Waals surface area (Å²) in [5.41, 5.74) is 0. The van der Waals surface area contributed by atoms with Gasteiger partial charge < -0.3 is 20.0 Å². The first-order valence-electron chi connectivity index (χ1n) is 7.52. The standard InChI is InChI=1S/C14H24N2O4/c1-2-10-6-4-3-5-7-15(10)14(20)16-9-11(17)8-12(16)13(18)19/h10-12,17H,2-9H2,1H3,(H,18,19)/t10?,11-,12-/m0/s1. The Labute approximate surface area is 119 Å². The number of carbonyl (C=O) groups is 2. The summed E-state index contributed by atoms with van der Waals surface area (Å²) in [7, 11) is 0. The molecule has 0 aliphatic carbocycles. The van der Waals surface area contributed by atoms with Gasteiger partial charge in [0.2, 0.25) is 0 Å². The zero-order chi connectivity index (χ0) is 14.7. The van der Waals surface area contributed by atoms with E-state index in [1.807, 2.05) is 4.90 Å². The zero-order valence-corrected chi connectivity index (χ0v) is 12.0. The molecule has 3 atom stereocenters. The Hall–Kier alpha value is -1.30. The minimum absolute atomic E-state index is 0.128. The summed E-state index contributed by atoms with van der Waals surface area (Å²) >= 11 is 0. The van der Waals surface area contributed by atoms with E-state index in [-0.39, 0.29) is 25.0 Å². The van der Waals surface area contributed by atoms with Gasteiger partial charge in [0.25, 0.3) is 0 Å². The molecule has 6 heteroatoms. The van der Waals surface area contributed by atoms with Crippen molar-refractivity contribution < 1.29 is 19.8 Å². The van der Waals surface area contributed by atoms with Crippen LogP contribution in [-0.4, -0.2) is 63.3 Å². The fourth-order valence-electron chi connectivity index (χ4n) is 3.28. The Bertz CT molecular complexity index is 374. The van der Waals surface area contributed by atoms with Crippen molar-refractivity contribution in [2.75, 3.05) is 13.1 Å². The molecule has 0 spiro atoms. The van der Waals surface area contributed by atoms with Gasteiger partial charge in [0.15, 0.2) is 0 Å². The average Bonchev–Trinajstić information content (AvgIpc) is 2.67. The molecule has 20 heavy (non-hydrogen) atoms. The minimum atomic E-state index is -1.03. The highest BCUT2D eigenvalue weighted by atomic mass is 16.4. The van der Waals surface area contributed by atoms with Crippen LogP contribution >= 0.6 is 0 Å². The monoisotopic (exact) mass is 284 g/mol. The molecule has 2 rings (SSSR count). The molecule has 0 aromatic rings. The number of likely N-dealkylation sites (tertiary alicyclic amines) is 2. The highest BCUT2D eigenvalue weighted by Gasteiger charge is 2.41. The smallest absolute Gasteiger partial charge is 0.326 e. The fourth-order valence-corrected chi connectivity index (χ4v) is 3.28. The third-order valence-electron chi connectivity index (χ3n) is 4.40. The number of rotatable bonds is 2. The van der Waals surface area contributed by atoms with Crippen LogP contribution in [-0.2, 0) is 4.79 Å². The third-order valence-corrected chi connectivity index (χ3v) is 4.40. The maximum absolute atomic E-state index is 12.7. The highest BCUT2D eigenvalue weighted by molar-refractivity contribution is 5.83. The predicted octanol–water partition coefficient (Wildman–Crippen LogP) is 1.28. The van der Waals surface area contributed by atoms with Crippen molar-refractivity contribution in [2.24, 2.45) is 0 Å². The summed E-state index contributed by atoms with van der Waals surface area (Å²) in [6, 6.07) is -0.918. The predicted molar refractivity (Wildman–Crippen MR) is 73.4 cm³/mol.